The number of Topliss-reactive ketones (excluding diaryl/α,β-unsaturated/α-hetero) is 1. The highest BCUT2D eigenvalue weighted by atomic mass is 79.9. The Balaban J connectivity index is 2.83. The molecule has 7 nitrogen and oxygen atoms in total. The molecule has 0 spiro atoms. The molecular weight excluding hydrogens is 312 g/mol. The van der Waals surface area contributed by atoms with E-state index in [-0.39, 0.29) is 12.3 Å². The third-order valence-corrected chi connectivity index (χ3v) is 3.62. The largest absolute Gasteiger partial charge is 0.453 e. The van der Waals surface area contributed by atoms with Crippen molar-refractivity contribution in [3.05, 3.63) is 25.9 Å². The number of rotatable bonds is 4. The van der Waals surface area contributed by atoms with Gasteiger partial charge in [-0.15, -0.1) is 11.3 Å². The number of nitrogens with zero attached hydrogens (tertiary/aromatic N) is 3. The monoisotopic (exact) mass is 318 g/mol. The van der Waals surface area contributed by atoms with Crippen molar-refractivity contribution in [1.82, 2.24) is 0 Å². The summed E-state index contributed by atoms with van der Waals surface area (Å²) in [6.07, 6.45) is -0.624. The summed E-state index contributed by atoms with van der Waals surface area (Å²) in [4.78, 5) is 25.4. The third-order valence-electron chi connectivity index (χ3n) is 1.64. The standard InChI is InChI=1S/C8H7BrN4O3S/c1-16-8(15)12-7-4(9)2-6(17-7)5(14)3-11-13-10/h2H,3H2,1H3,(H,12,15). The maximum atomic E-state index is 11.5. The van der Waals surface area contributed by atoms with Crippen molar-refractivity contribution in [3.63, 3.8) is 0 Å². The summed E-state index contributed by atoms with van der Waals surface area (Å²) in [5.41, 5.74) is 8.10. The molecule has 0 radical (unpaired) electrons. The van der Waals surface area contributed by atoms with Crippen molar-refractivity contribution in [1.29, 1.82) is 0 Å². The van der Waals surface area contributed by atoms with Crippen molar-refractivity contribution >= 4 is 44.1 Å². The van der Waals surface area contributed by atoms with E-state index in [4.69, 9.17) is 5.53 Å². The first-order valence-corrected chi connectivity index (χ1v) is 5.87. The molecule has 0 fully saturated rings. The second kappa shape index (κ2) is 6.24. The molecule has 1 amide bonds. The van der Waals surface area contributed by atoms with Gasteiger partial charge in [-0.1, -0.05) is 5.11 Å². The zero-order chi connectivity index (χ0) is 12.8. The number of carbonyl (C=O) groups excluding carboxylic acids is 2. The van der Waals surface area contributed by atoms with Crippen molar-refractivity contribution in [2.75, 3.05) is 19.0 Å². The Morgan fingerprint density at radius 2 is 2.41 bits per heavy atom. The van der Waals surface area contributed by atoms with Gasteiger partial charge >= 0.3 is 6.09 Å². The lowest BCUT2D eigenvalue weighted by molar-refractivity contribution is 0.101. The number of anilines is 1. The van der Waals surface area contributed by atoms with Crippen LogP contribution in [-0.4, -0.2) is 25.5 Å². The van der Waals surface area contributed by atoms with Crippen LogP contribution in [0.4, 0.5) is 9.80 Å². The van der Waals surface area contributed by atoms with E-state index in [0.717, 1.165) is 11.3 Å². The molecule has 1 N–H and O–H groups in total. The number of thiophene rings is 1. The lowest BCUT2D eigenvalue weighted by Gasteiger charge is -1.99. The number of hydrogen-bond acceptors (Lipinski definition) is 5. The zero-order valence-corrected chi connectivity index (χ0v) is 11.0. The Bertz CT molecular complexity index is 495. The Morgan fingerprint density at radius 3 is 3.00 bits per heavy atom. The third kappa shape index (κ3) is 3.74. The van der Waals surface area contributed by atoms with Gasteiger partial charge in [0.15, 0.2) is 5.78 Å². The smallest absolute Gasteiger partial charge is 0.411 e. The van der Waals surface area contributed by atoms with E-state index < -0.39 is 6.09 Å². The molecule has 0 saturated heterocycles. The summed E-state index contributed by atoms with van der Waals surface area (Å²) in [7, 11) is 1.24. The van der Waals surface area contributed by atoms with E-state index in [2.05, 4.69) is 36.0 Å². The fourth-order valence-electron chi connectivity index (χ4n) is 0.909. The fraction of sp³-hybridized carbons (Fsp3) is 0.250. The van der Waals surface area contributed by atoms with Gasteiger partial charge in [-0.25, -0.2) is 4.79 Å². The summed E-state index contributed by atoms with van der Waals surface area (Å²) < 4.78 is 4.99. The maximum Gasteiger partial charge on any atom is 0.411 e. The van der Waals surface area contributed by atoms with Crippen molar-refractivity contribution in [2.24, 2.45) is 5.11 Å². The zero-order valence-electron chi connectivity index (χ0n) is 8.64. The molecule has 0 bridgehead atoms. The first kappa shape index (κ1) is 13.5. The van der Waals surface area contributed by atoms with Gasteiger partial charge in [-0.3, -0.25) is 10.1 Å². The number of azide groups is 1. The number of amides is 1. The van der Waals surface area contributed by atoms with Gasteiger partial charge in [0.2, 0.25) is 0 Å². The first-order valence-electron chi connectivity index (χ1n) is 4.26. The molecule has 1 aromatic heterocycles. The fourth-order valence-corrected chi connectivity index (χ4v) is 2.50. The van der Waals surface area contributed by atoms with Crippen molar-refractivity contribution < 1.29 is 14.3 Å². The van der Waals surface area contributed by atoms with Crippen LogP contribution in [0.1, 0.15) is 9.67 Å². The highest BCUT2D eigenvalue weighted by molar-refractivity contribution is 9.10. The Labute approximate surface area is 109 Å². The van der Waals surface area contributed by atoms with E-state index >= 15 is 0 Å². The van der Waals surface area contributed by atoms with Crippen LogP contribution in [0.2, 0.25) is 0 Å². The predicted octanol–water partition coefficient (Wildman–Crippen LogP) is 3.18. The van der Waals surface area contributed by atoms with Gasteiger partial charge in [-0.2, -0.15) is 0 Å². The number of ether oxygens (including phenoxy) is 1. The summed E-state index contributed by atoms with van der Waals surface area (Å²) >= 11 is 4.27. The van der Waals surface area contributed by atoms with Crippen LogP contribution in [0, 0.1) is 0 Å². The molecule has 9 heteroatoms. The van der Waals surface area contributed by atoms with Crippen molar-refractivity contribution in [3.8, 4) is 0 Å². The van der Waals surface area contributed by atoms with Crippen LogP contribution in [-0.2, 0) is 4.74 Å². The molecular formula is C8H7BrN4O3S. The molecule has 1 rings (SSSR count). The normalized spacial score (nSPS) is 9.29. The van der Waals surface area contributed by atoms with Crippen molar-refractivity contribution in [2.45, 2.75) is 0 Å². The average molecular weight is 319 g/mol. The van der Waals surface area contributed by atoms with E-state index in [1.54, 1.807) is 6.07 Å². The quantitative estimate of drug-likeness (QED) is 0.399. The van der Waals surface area contributed by atoms with Gasteiger partial charge in [-0.05, 0) is 27.5 Å². The predicted molar refractivity (Wildman–Crippen MR) is 66.4 cm³/mol. The molecule has 0 aliphatic rings. The molecule has 1 heterocycles. The van der Waals surface area contributed by atoms with E-state index in [0.29, 0.717) is 14.4 Å². The summed E-state index contributed by atoms with van der Waals surface area (Å²) in [6.45, 7) is -0.249. The second-order valence-electron chi connectivity index (χ2n) is 2.72. The van der Waals surface area contributed by atoms with Crippen LogP contribution in [0.25, 0.3) is 10.4 Å². The van der Waals surface area contributed by atoms with E-state index in [9.17, 15) is 9.59 Å². The molecule has 90 valence electrons. The van der Waals surface area contributed by atoms with Crippen LogP contribution in [0.15, 0.2) is 15.7 Å². The molecule has 0 unspecified atom stereocenters. The molecule has 0 aliphatic heterocycles. The van der Waals surface area contributed by atoms with E-state index in [1.807, 2.05) is 0 Å². The van der Waals surface area contributed by atoms with Gasteiger partial charge in [0.25, 0.3) is 0 Å². The molecule has 1 aromatic rings. The topological polar surface area (TPSA) is 104 Å². The van der Waals surface area contributed by atoms with Gasteiger partial charge < -0.3 is 4.74 Å². The SMILES string of the molecule is COC(=O)Nc1sc(C(=O)CN=[N+]=[N-])cc1Br. The number of hydrogen-bond donors (Lipinski definition) is 1. The molecule has 0 saturated carbocycles. The minimum Gasteiger partial charge on any atom is -0.453 e. The highest BCUT2D eigenvalue weighted by Crippen LogP contribution is 2.33. The van der Waals surface area contributed by atoms with Gasteiger partial charge in [0.05, 0.1) is 23.0 Å². The highest BCUT2D eigenvalue weighted by Gasteiger charge is 2.14. The van der Waals surface area contributed by atoms with Gasteiger partial charge in [0.1, 0.15) is 5.00 Å². The number of nitrogens with one attached hydrogen (secondary N) is 1. The minimum absolute atomic E-state index is 0.249. The summed E-state index contributed by atoms with van der Waals surface area (Å²) in [5, 5.41) is 6.08. The Hall–Kier alpha value is -1.57. The Morgan fingerprint density at radius 1 is 1.71 bits per heavy atom. The molecule has 0 aliphatic carbocycles. The Kier molecular flexibility index (Phi) is 4.95. The van der Waals surface area contributed by atoms with Crippen LogP contribution in [0.5, 0.6) is 0 Å². The first-order chi connectivity index (χ1) is 8.08. The minimum atomic E-state index is -0.624. The summed E-state index contributed by atoms with van der Waals surface area (Å²) in [5.74, 6) is -0.314. The van der Waals surface area contributed by atoms with Gasteiger partial charge in [0, 0.05) is 4.91 Å². The number of methoxy groups -OCH3 is 1. The molecule has 0 aromatic carbocycles. The van der Waals surface area contributed by atoms with E-state index in [1.165, 1.54) is 7.11 Å². The maximum absolute atomic E-state index is 11.5. The van der Waals surface area contributed by atoms with Crippen LogP contribution in [0.3, 0.4) is 0 Å². The average Bonchev–Trinajstić information content (AvgIpc) is 2.67. The molecule has 0 atom stereocenters. The lowest BCUT2D eigenvalue weighted by Crippen LogP contribution is -2.09. The lowest BCUT2D eigenvalue weighted by atomic mass is 10.3. The number of carbonyl (C=O) groups is 2. The molecule has 17 heavy (non-hydrogen) atoms. The number of ketones is 1. The van der Waals surface area contributed by atoms with Crippen LogP contribution >= 0.6 is 27.3 Å². The summed E-state index contributed by atoms with van der Waals surface area (Å²) in [6, 6.07) is 1.55. The second-order valence-corrected chi connectivity index (χ2v) is 4.62. The number of halogens is 1. The van der Waals surface area contributed by atoms with Crippen LogP contribution < -0.4 is 5.32 Å².